The number of hydrogen-bond acceptors (Lipinski definition) is 6. The minimum Gasteiger partial charge on any atom is -0.497 e. The van der Waals surface area contributed by atoms with Crippen molar-refractivity contribution in [2.45, 2.75) is 18.8 Å². The Labute approximate surface area is 182 Å². The molecule has 0 bridgehead atoms. The van der Waals surface area contributed by atoms with E-state index in [9.17, 15) is 14.4 Å². The average molecular weight is 434 g/mol. The zero-order valence-electron chi connectivity index (χ0n) is 17.6. The van der Waals surface area contributed by atoms with E-state index in [0.717, 1.165) is 5.56 Å². The van der Waals surface area contributed by atoms with Gasteiger partial charge in [-0.3, -0.25) is 19.5 Å². The van der Waals surface area contributed by atoms with Crippen LogP contribution in [0.2, 0.25) is 0 Å². The van der Waals surface area contributed by atoms with Gasteiger partial charge >= 0.3 is 5.97 Å². The molecule has 0 saturated carbocycles. The standard InChI is InChI=1S/C24H22N2O6/c1-30-15-9-7-14(8-10-15)11-19-22(24(29)26-25-19)17(12-21(27)31-2)18-13-32-20-6-4-3-5-16(20)23(18)28/h3-10,13,17H,11-12H2,1-2H3,(H2,25,26,29)/t17-/m0/s1. The summed E-state index contributed by atoms with van der Waals surface area (Å²) in [6, 6.07) is 14.2. The number of aromatic amines is 2. The van der Waals surface area contributed by atoms with Gasteiger partial charge in [0.25, 0.3) is 5.56 Å². The topological polar surface area (TPSA) is 114 Å². The van der Waals surface area contributed by atoms with Crippen LogP contribution in [0.1, 0.15) is 34.7 Å². The number of hydrogen-bond donors (Lipinski definition) is 2. The predicted molar refractivity (Wildman–Crippen MR) is 118 cm³/mol. The zero-order valence-corrected chi connectivity index (χ0v) is 17.6. The lowest BCUT2D eigenvalue weighted by molar-refractivity contribution is -0.140. The quantitative estimate of drug-likeness (QED) is 0.432. The van der Waals surface area contributed by atoms with E-state index in [0.29, 0.717) is 34.4 Å². The van der Waals surface area contributed by atoms with Crippen LogP contribution in [-0.2, 0) is 16.0 Å². The first-order valence-corrected chi connectivity index (χ1v) is 10.0. The molecule has 0 spiro atoms. The molecule has 0 aliphatic heterocycles. The third-order valence-electron chi connectivity index (χ3n) is 5.47. The first-order chi connectivity index (χ1) is 15.5. The second-order valence-electron chi connectivity index (χ2n) is 7.35. The van der Waals surface area contributed by atoms with E-state index < -0.39 is 17.4 Å². The molecule has 0 radical (unpaired) electrons. The number of carbonyl (C=O) groups is 1. The van der Waals surface area contributed by atoms with Crippen LogP contribution in [0.5, 0.6) is 5.75 Å². The Morgan fingerprint density at radius 2 is 1.78 bits per heavy atom. The molecule has 0 amide bonds. The number of carbonyl (C=O) groups excluding carboxylic acids is 1. The van der Waals surface area contributed by atoms with Crippen LogP contribution in [0.3, 0.4) is 0 Å². The van der Waals surface area contributed by atoms with Gasteiger partial charge < -0.3 is 19.0 Å². The van der Waals surface area contributed by atoms with Crippen molar-refractivity contribution >= 4 is 16.9 Å². The maximum atomic E-state index is 13.2. The van der Waals surface area contributed by atoms with E-state index in [-0.39, 0.29) is 17.4 Å². The van der Waals surface area contributed by atoms with Crippen molar-refractivity contribution in [1.82, 2.24) is 10.2 Å². The molecule has 1 atom stereocenters. The smallest absolute Gasteiger partial charge is 0.306 e. The van der Waals surface area contributed by atoms with Gasteiger partial charge in [0.05, 0.1) is 32.3 Å². The summed E-state index contributed by atoms with van der Waals surface area (Å²) in [5.41, 5.74) is 1.74. The molecule has 0 unspecified atom stereocenters. The Morgan fingerprint density at radius 1 is 1.03 bits per heavy atom. The van der Waals surface area contributed by atoms with Crippen molar-refractivity contribution in [3.8, 4) is 5.75 Å². The highest BCUT2D eigenvalue weighted by Crippen LogP contribution is 2.29. The number of methoxy groups -OCH3 is 2. The van der Waals surface area contributed by atoms with Gasteiger partial charge in [-0.15, -0.1) is 0 Å². The van der Waals surface area contributed by atoms with Gasteiger partial charge in [0, 0.05) is 29.2 Å². The highest BCUT2D eigenvalue weighted by atomic mass is 16.5. The van der Waals surface area contributed by atoms with E-state index in [1.54, 1.807) is 31.4 Å². The Kier molecular flexibility index (Phi) is 5.93. The summed E-state index contributed by atoms with van der Waals surface area (Å²) in [5.74, 6) is -0.668. The van der Waals surface area contributed by atoms with Gasteiger partial charge in [-0.25, -0.2) is 0 Å². The maximum absolute atomic E-state index is 13.2. The second-order valence-corrected chi connectivity index (χ2v) is 7.35. The normalized spacial score (nSPS) is 11.9. The summed E-state index contributed by atoms with van der Waals surface area (Å²) in [7, 11) is 2.85. The molecule has 4 rings (SSSR count). The number of fused-ring (bicyclic) bond motifs is 1. The summed E-state index contributed by atoms with van der Waals surface area (Å²) in [6.07, 6.45) is 1.52. The Morgan fingerprint density at radius 3 is 2.50 bits per heavy atom. The number of rotatable bonds is 7. The van der Waals surface area contributed by atoms with Gasteiger partial charge in [0.15, 0.2) is 5.43 Å². The van der Waals surface area contributed by atoms with E-state index in [2.05, 4.69) is 10.2 Å². The molecule has 0 aliphatic carbocycles. The predicted octanol–water partition coefficient (Wildman–Crippen LogP) is 3.10. The van der Waals surface area contributed by atoms with Gasteiger partial charge in [-0.2, -0.15) is 0 Å². The van der Waals surface area contributed by atoms with Crippen molar-refractivity contribution in [2.24, 2.45) is 0 Å². The molecule has 164 valence electrons. The molecule has 2 heterocycles. The summed E-state index contributed by atoms with van der Waals surface area (Å²) < 4.78 is 15.7. The zero-order chi connectivity index (χ0) is 22.7. The molecule has 8 heteroatoms. The molecule has 2 aromatic carbocycles. The van der Waals surface area contributed by atoms with Gasteiger partial charge in [0.2, 0.25) is 0 Å². The minimum atomic E-state index is -0.841. The van der Waals surface area contributed by atoms with Crippen molar-refractivity contribution in [2.75, 3.05) is 14.2 Å². The Bertz CT molecular complexity index is 1360. The molecule has 0 fully saturated rings. The SMILES string of the molecule is COC(=O)C[C@H](c1c(Cc2ccc(OC)cc2)[nH][nH]c1=O)c1coc2ccccc2c1=O. The summed E-state index contributed by atoms with van der Waals surface area (Å²) in [5, 5.41) is 5.86. The molecule has 0 saturated heterocycles. The molecular formula is C24H22N2O6. The number of benzene rings is 2. The second kappa shape index (κ2) is 8.97. The lowest BCUT2D eigenvalue weighted by Gasteiger charge is -2.16. The summed E-state index contributed by atoms with van der Waals surface area (Å²) in [6.45, 7) is 0. The lowest BCUT2D eigenvalue weighted by atomic mass is 9.87. The van der Waals surface area contributed by atoms with Crippen molar-refractivity contribution in [3.63, 3.8) is 0 Å². The highest BCUT2D eigenvalue weighted by Gasteiger charge is 2.29. The molecule has 4 aromatic rings. The maximum Gasteiger partial charge on any atom is 0.306 e. The number of H-pyrrole nitrogens is 2. The average Bonchev–Trinajstić information content (AvgIpc) is 3.18. The van der Waals surface area contributed by atoms with Crippen molar-refractivity contribution < 1.29 is 18.7 Å². The van der Waals surface area contributed by atoms with Crippen LogP contribution >= 0.6 is 0 Å². The molecule has 2 aromatic heterocycles. The Balaban J connectivity index is 1.82. The Hall–Kier alpha value is -4.07. The molecule has 0 aliphatic rings. The lowest BCUT2D eigenvalue weighted by Crippen LogP contribution is -2.23. The third kappa shape index (κ3) is 4.07. The molecule has 8 nitrogen and oxygen atoms in total. The summed E-state index contributed by atoms with van der Waals surface area (Å²) >= 11 is 0. The number of para-hydroxylation sites is 1. The third-order valence-corrected chi connectivity index (χ3v) is 5.47. The number of nitrogens with one attached hydrogen (secondary N) is 2. The van der Waals surface area contributed by atoms with E-state index >= 15 is 0 Å². The van der Waals surface area contributed by atoms with Gasteiger partial charge in [0.1, 0.15) is 11.3 Å². The fourth-order valence-corrected chi connectivity index (χ4v) is 3.81. The largest absolute Gasteiger partial charge is 0.497 e. The van der Waals surface area contributed by atoms with Gasteiger partial charge in [-0.05, 0) is 29.8 Å². The fraction of sp³-hybridized carbons (Fsp3) is 0.208. The van der Waals surface area contributed by atoms with Crippen LogP contribution in [0, 0.1) is 0 Å². The molecule has 2 N–H and O–H groups in total. The van der Waals surface area contributed by atoms with Crippen LogP contribution < -0.4 is 15.7 Å². The number of ether oxygens (including phenoxy) is 2. The van der Waals surface area contributed by atoms with Crippen LogP contribution in [0.25, 0.3) is 11.0 Å². The first-order valence-electron chi connectivity index (χ1n) is 10.0. The van der Waals surface area contributed by atoms with E-state index in [1.807, 2.05) is 24.3 Å². The summed E-state index contributed by atoms with van der Waals surface area (Å²) in [4.78, 5) is 38.3. The molecule has 32 heavy (non-hydrogen) atoms. The van der Waals surface area contributed by atoms with Crippen LogP contribution in [-0.4, -0.2) is 30.4 Å². The van der Waals surface area contributed by atoms with Crippen LogP contribution in [0.15, 0.2) is 68.8 Å². The number of esters is 1. The number of aromatic nitrogens is 2. The minimum absolute atomic E-state index is 0.184. The molecular weight excluding hydrogens is 412 g/mol. The first kappa shape index (κ1) is 21.2. The van der Waals surface area contributed by atoms with Crippen molar-refractivity contribution in [3.05, 3.63) is 97.8 Å². The van der Waals surface area contributed by atoms with Crippen molar-refractivity contribution in [1.29, 1.82) is 0 Å². The van der Waals surface area contributed by atoms with Gasteiger partial charge in [-0.1, -0.05) is 24.3 Å². The monoisotopic (exact) mass is 434 g/mol. The van der Waals surface area contributed by atoms with Crippen LogP contribution in [0.4, 0.5) is 0 Å². The fourth-order valence-electron chi connectivity index (χ4n) is 3.81. The highest BCUT2D eigenvalue weighted by molar-refractivity contribution is 5.77. The van der Waals surface area contributed by atoms with E-state index in [4.69, 9.17) is 13.9 Å². The van der Waals surface area contributed by atoms with E-state index in [1.165, 1.54) is 13.4 Å².